The van der Waals surface area contributed by atoms with E-state index in [1.165, 1.54) is 32.2 Å². The van der Waals surface area contributed by atoms with Crippen LogP contribution in [0.4, 0.5) is 0 Å². The SMILES string of the molecule is CCCNCc1cc(CN(C)CC2CC3CCC2C3)on1. The van der Waals surface area contributed by atoms with E-state index in [4.69, 9.17) is 4.52 Å². The van der Waals surface area contributed by atoms with Gasteiger partial charge in [-0.05, 0) is 57.0 Å². The third-order valence-electron chi connectivity index (χ3n) is 5.20. The summed E-state index contributed by atoms with van der Waals surface area (Å²) in [5.74, 6) is 3.95. The molecule has 3 rings (SSSR count). The van der Waals surface area contributed by atoms with Crippen LogP contribution in [-0.2, 0) is 13.1 Å². The van der Waals surface area contributed by atoms with Crippen molar-refractivity contribution in [2.45, 2.75) is 52.1 Å². The summed E-state index contributed by atoms with van der Waals surface area (Å²) >= 11 is 0. The molecule has 0 radical (unpaired) electrons. The van der Waals surface area contributed by atoms with Crippen molar-refractivity contribution in [1.29, 1.82) is 0 Å². The molecule has 0 amide bonds. The Hall–Kier alpha value is -0.870. The van der Waals surface area contributed by atoms with Crippen molar-refractivity contribution in [3.8, 4) is 0 Å². The fourth-order valence-electron chi connectivity index (χ4n) is 4.24. The van der Waals surface area contributed by atoms with Crippen LogP contribution in [0.1, 0.15) is 50.5 Å². The maximum absolute atomic E-state index is 5.46. The third kappa shape index (κ3) is 3.86. The van der Waals surface area contributed by atoms with Crippen molar-refractivity contribution in [1.82, 2.24) is 15.4 Å². The van der Waals surface area contributed by atoms with E-state index in [2.05, 4.69) is 35.4 Å². The van der Waals surface area contributed by atoms with Gasteiger partial charge in [0.05, 0.1) is 12.2 Å². The maximum Gasteiger partial charge on any atom is 0.151 e. The zero-order valence-corrected chi connectivity index (χ0v) is 13.5. The minimum Gasteiger partial charge on any atom is -0.360 e. The highest BCUT2D eigenvalue weighted by atomic mass is 16.5. The van der Waals surface area contributed by atoms with Crippen molar-refractivity contribution in [3.05, 3.63) is 17.5 Å². The largest absolute Gasteiger partial charge is 0.360 e. The van der Waals surface area contributed by atoms with Crippen LogP contribution < -0.4 is 5.32 Å². The smallest absolute Gasteiger partial charge is 0.151 e. The van der Waals surface area contributed by atoms with Gasteiger partial charge in [-0.3, -0.25) is 4.90 Å². The van der Waals surface area contributed by atoms with E-state index in [0.717, 1.165) is 55.3 Å². The Balaban J connectivity index is 1.43. The number of nitrogens with zero attached hydrogens (tertiary/aromatic N) is 2. The van der Waals surface area contributed by atoms with Crippen LogP contribution in [0.3, 0.4) is 0 Å². The zero-order valence-electron chi connectivity index (χ0n) is 13.5. The number of hydrogen-bond acceptors (Lipinski definition) is 4. The van der Waals surface area contributed by atoms with Crippen LogP contribution in [0.2, 0.25) is 0 Å². The average Bonchev–Trinajstić information content (AvgIpc) is 3.16. The molecule has 118 valence electrons. The molecule has 1 aromatic heterocycles. The standard InChI is InChI=1S/C17H29N3O/c1-3-6-18-10-16-9-17(21-19-16)12-20(2)11-15-8-13-4-5-14(15)7-13/h9,13-15,18H,3-8,10-12H2,1-2H3. The van der Waals surface area contributed by atoms with Crippen molar-refractivity contribution in [2.75, 3.05) is 20.1 Å². The molecule has 1 aromatic rings. The van der Waals surface area contributed by atoms with Crippen LogP contribution in [0.25, 0.3) is 0 Å². The molecule has 3 unspecified atom stereocenters. The molecular weight excluding hydrogens is 262 g/mol. The summed E-state index contributed by atoms with van der Waals surface area (Å²) in [5.41, 5.74) is 1.02. The van der Waals surface area contributed by atoms with Gasteiger partial charge < -0.3 is 9.84 Å². The van der Waals surface area contributed by atoms with E-state index in [1.807, 2.05) is 0 Å². The minimum absolute atomic E-state index is 0.813. The van der Waals surface area contributed by atoms with E-state index < -0.39 is 0 Å². The summed E-state index contributed by atoms with van der Waals surface area (Å²) in [4.78, 5) is 2.41. The van der Waals surface area contributed by atoms with Crippen LogP contribution in [0.15, 0.2) is 10.6 Å². The van der Waals surface area contributed by atoms with Gasteiger partial charge in [-0.2, -0.15) is 0 Å². The first-order chi connectivity index (χ1) is 10.2. The van der Waals surface area contributed by atoms with E-state index in [9.17, 15) is 0 Å². The predicted octanol–water partition coefficient (Wildman–Crippen LogP) is 3.04. The summed E-state index contributed by atoms with van der Waals surface area (Å²) in [7, 11) is 2.21. The van der Waals surface area contributed by atoms with Gasteiger partial charge in [0.2, 0.25) is 0 Å². The van der Waals surface area contributed by atoms with Gasteiger partial charge >= 0.3 is 0 Å². The van der Waals surface area contributed by atoms with E-state index in [0.29, 0.717) is 0 Å². The number of nitrogens with one attached hydrogen (secondary N) is 1. The second-order valence-corrected chi connectivity index (χ2v) is 7.09. The van der Waals surface area contributed by atoms with Gasteiger partial charge in [-0.1, -0.05) is 18.5 Å². The fraction of sp³-hybridized carbons (Fsp3) is 0.824. The molecular formula is C17H29N3O. The highest BCUT2D eigenvalue weighted by Crippen LogP contribution is 2.48. The van der Waals surface area contributed by atoms with Gasteiger partial charge in [-0.15, -0.1) is 0 Å². The highest BCUT2D eigenvalue weighted by molar-refractivity contribution is 5.05. The first-order valence-electron chi connectivity index (χ1n) is 8.58. The second-order valence-electron chi connectivity index (χ2n) is 7.09. The summed E-state index contributed by atoms with van der Waals surface area (Å²) in [6.45, 7) is 6.12. The highest BCUT2D eigenvalue weighted by Gasteiger charge is 2.39. The maximum atomic E-state index is 5.46. The molecule has 4 nitrogen and oxygen atoms in total. The molecule has 3 atom stereocenters. The Morgan fingerprint density at radius 1 is 1.38 bits per heavy atom. The van der Waals surface area contributed by atoms with Crippen LogP contribution in [0.5, 0.6) is 0 Å². The Morgan fingerprint density at radius 3 is 3.00 bits per heavy atom. The van der Waals surface area contributed by atoms with E-state index >= 15 is 0 Å². The zero-order chi connectivity index (χ0) is 14.7. The average molecular weight is 291 g/mol. The molecule has 2 aliphatic rings. The van der Waals surface area contributed by atoms with Gasteiger partial charge in [-0.25, -0.2) is 0 Å². The first-order valence-corrected chi connectivity index (χ1v) is 8.58. The Labute approximate surface area is 128 Å². The Kier molecular flexibility index (Phi) is 4.96. The predicted molar refractivity (Wildman–Crippen MR) is 83.8 cm³/mol. The van der Waals surface area contributed by atoms with E-state index in [-0.39, 0.29) is 0 Å². The lowest BCUT2D eigenvalue weighted by molar-refractivity contribution is 0.198. The molecule has 2 aliphatic carbocycles. The molecule has 4 heteroatoms. The van der Waals surface area contributed by atoms with Gasteiger partial charge in [0.25, 0.3) is 0 Å². The quantitative estimate of drug-likeness (QED) is 0.748. The van der Waals surface area contributed by atoms with E-state index in [1.54, 1.807) is 0 Å². The lowest BCUT2D eigenvalue weighted by Gasteiger charge is -2.26. The molecule has 2 saturated carbocycles. The molecule has 1 N–H and O–H groups in total. The molecule has 21 heavy (non-hydrogen) atoms. The second kappa shape index (κ2) is 6.93. The summed E-state index contributed by atoms with van der Waals surface area (Å²) < 4.78 is 5.46. The topological polar surface area (TPSA) is 41.3 Å². The molecule has 0 aromatic carbocycles. The summed E-state index contributed by atoms with van der Waals surface area (Å²) in [6.07, 6.45) is 7.06. The number of hydrogen-bond donors (Lipinski definition) is 1. The third-order valence-corrected chi connectivity index (χ3v) is 5.20. The van der Waals surface area contributed by atoms with Crippen molar-refractivity contribution in [3.63, 3.8) is 0 Å². The summed E-state index contributed by atoms with van der Waals surface area (Å²) in [6, 6.07) is 2.10. The van der Waals surface area contributed by atoms with Crippen LogP contribution in [0, 0.1) is 17.8 Å². The first kappa shape index (κ1) is 15.0. The molecule has 1 heterocycles. The van der Waals surface area contributed by atoms with Crippen LogP contribution >= 0.6 is 0 Å². The molecule has 0 aliphatic heterocycles. The molecule has 2 bridgehead atoms. The van der Waals surface area contributed by atoms with Crippen molar-refractivity contribution < 1.29 is 4.52 Å². The van der Waals surface area contributed by atoms with Gasteiger partial charge in [0.1, 0.15) is 0 Å². The Bertz CT molecular complexity index is 445. The Morgan fingerprint density at radius 2 is 2.29 bits per heavy atom. The monoisotopic (exact) mass is 291 g/mol. The van der Waals surface area contributed by atoms with Gasteiger partial charge in [0, 0.05) is 19.2 Å². The molecule has 0 spiro atoms. The van der Waals surface area contributed by atoms with Crippen LogP contribution in [-0.4, -0.2) is 30.2 Å². The minimum atomic E-state index is 0.813. The molecule has 2 fully saturated rings. The summed E-state index contributed by atoms with van der Waals surface area (Å²) in [5, 5.41) is 7.51. The number of fused-ring (bicyclic) bond motifs is 2. The molecule has 0 saturated heterocycles. The number of aromatic nitrogens is 1. The normalized spacial score (nSPS) is 27.9. The van der Waals surface area contributed by atoms with Crippen molar-refractivity contribution >= 4 is 0 Å². The number of rotatable bonds is 8. The lowest BCUT2D eigenvalue weighted by Crippen LogP contribution is -2.28. The van der Waals surface area contributed by atoms with Crippen molar-refractivity contribution in [2.24, 2.45) is 17.8 Å². The van der Waals surface area contributed by atoms with Gasteiger partial charge in [0.15, 0.2) is 5.76 Å². The fourth-order valence-corrected chi connectivity index (χ4v) is 4.24. The lowest BCUT2D eigenvalue weighted by atomic mass is 9.88.